The van der Waals surface area contributed by atoms with Gasteiger partial charge in [-0.2, -0.15) is 0 Å². The number of hydrogen-bond donors (Lipinski definition) is 0. The lowest BCUT2D eigenvalue weighted by Gasteiger charge is -2.29. The van der Waals surface area contributed by atoms with E-state index in [2.05, 4.69) is 31.2 Å². The number of hydrogen-bond acceptors (Lipinski definition) is 7. The summed E-state index contributed by atoms with van der Waals surface area (Å²) in [4.78, 5) is 34.5. The Morgan fingerprint density at radius 1 is 0.871 bits per heavy atom. The summed E-state index contributed by atoms with van der Waals surface area (Å²) in [6, 6.07) is 9.06. The molecular formula is C23H34O7Si. The van der Waals surface area contributed by atoms with Crippen LogP contribution in [0.3, 0.4) is 0 Å². The van der Waals surface area contributed by atoms with E-state index in [0.717, 1.165) is 32.1 Å². The Kier molecular flexibility index (Phi) is 9.70. The molecule has 31 heavy (non-hydrogen) atoms. The average Bonchev–Trinajstić information content (AvgIpc) is 2.70. The van der Waals surface area contributed by atoms with Gasteiger partial charge in [-0.3, -0.25) is 14.4 Å². The van der Waals surface area contributed by atoms with Gasteiger partial charge in [-0.15, -0.1) is 0 Å². The topological polar surface area (TPSA) is 88.1 Å². The van der Waals surface area contributed by atoms with E-state index in [-0.39, 0.29) is 12.1 Å². The van der Waals surface area contributed by atoms with Crippen molar-refractivity contribution in [1.29, 1.82) is 0 Å². The molecule has 1 aromatic rings. The van der Waals surface area contributed by atoms with Crippen molar-refractivity contribution in [3.63, 3.8) is 0 Å². The van der Waals surface area contributed by atoms with E-state index in [1.165, 1.54) is 31.9 Å². The van der Waals surface area contributed by atoms with Crippen LogP contribution >= 0.6 is 0 Å². The molecule has 0 bridgehead atoms. The van der Waals surface area contributed by atoms with Crippen LogP contribution in [-0.4, -0.2) is 39.4 Å². The van der Waals surface area contributed by atoms with Gasteiger partial charge in [-0.25, -0.2) is 0 Å². The van der Waals surface area contributed by atoms with Crippen molar-refractivity contribution in [3.05, 3.63) is 35.4 Å². The first-order valence-corrected chi connectivity index (χ1v) is 13.0. The summed E-state index contributed by atoms with van der Waals surface area (Å²) in [6.07, 6.45) is 5.84. The first-order chi connectivity index (χ1) is 14.7. The predicted octanol–water partition coefficient (Wildman–Crippen LogP) is 4.31. The first kappa shape index (κ1) is 25.1. The average molecular weight is 451 g/mol. The van der Waals surface area contributed by atoms with E-state index in [4.69, 9.17) is 18.0 Å². The number of benzene rings is 1. The Morgan fingerprint density at radius 3 is 1.84 bits per heavy atom. The maximum absolute atomic E-state index is 11.5. The van der Waals surface area contributed by atoms with Gasteiger partial charge in [0.25, 0.3) is 17.9 Å². The normalized spacial score (nSPS) is 18.8. The van der Waals surface area contributed by atoms with Crippen molar-refractivity contribution in [1.82, 2.24) is 0 Å². The quantitative estimate of drug-likeness (QED) is 0.388. The fraction of sp³-hybridized carbons (Fsp3) is 0.609. The Balaban J connectivity index is 1.81. The number of carbonyl (C=O) groups is 3. The minimum Gasteiger partial charge on any atom is -0.455 e. The highest BCUT2D eigenvalue weighted by atomic mass is 28.4. The molecule has 0 N–H and O–H groups in total. The summed E-state index contributed by atoms with van der Waals surface area (Å²) in [6.45, 7) is 6.16. The van der Waals surface area contributed by atoms with Gasteiger partial charge in [0.2, 0.25) is 0 Å². The third-order valence-electron chi connectivity index (χ3n) is 5.41. The molecule has 0 aromatic heterocycles. The lowest BCUT2D eigenvalue weighted by Crippen LogP contribution is -2.49. The van der Waals surface area contributed by atoms with E-state index >= 15 is 0 Å². The van der Waals surface area contributed by atoms with Crippen molar-refractivity contribution < 1.29 is 32.4 Å². The highest BCUT2D eigenvalue weighted by Crippen LogP contribution is 2.34. The molecule has 0 aliphatic heterocycles. The monoisotopic (exact) mass is 450 g/mol. The molecule has 0 amide bonds. The molecule has 1 fully saturated rings. The molecule has 0 heterocycles. The van der Waals surface area contributed by atoms with Gasteiger partial charge in [0.05, 0.1) is 12.1 Å². The van der Waals surface area contributed by atoms with Crippen LogP contribution in [0.2, 0.25) is 6.04 Å². The zero-order chi connectivity index (χ0) is 22.9. The SMILES string of the molecule is CCc1ccc(C2CCC(OCCC[Si](OC(C)=O)(OC(C)=O)OC(C)=O)CC2)cc1. The second kappa shape index (κ2) is 12.0. The molecule has 1 aromatic carbocycles. The molecule has 1 aliphatic rings. The van der Waals surface area contributed by atoms with Crippen LogP contribution in [0.5, 0.6) is 0 Å². The molecule has 8 heteroatoms. The number of aryl methyl sites for hydroxylation is 1. The van der Waals surface area contributed by atoms with Crippen molar-refractivity contribution in [2.75, 3.05) is 6.61 Å². The maximum Gasteiger partial charge on any atom is 0.705 e. The molecule has 0 radical (unpaired) electrons. The van der Waals surface area contributed by atoms with E-state index < -0.39 is 26.7 Å². The third kappa shape index (κ3) is 8.45. The molecule has 7 nitrogen and oxygen atoms in total. The van der Waals surface area contributed by atoms with Gasteiger partial charge in [0, 0.05) is 27.4 Å². The van der Waals surface area contributed by atoms with Crippen LogP contribution in [0.25, 0.3) is 0 Å². The van der Waals surface area contributed by atoms with Crippen molar-refractivity contribution >= 4 is 26.7 Å². The largest absolute Gasteiger partial charge is 0.705 e. The van der Waals surface area contributed by atoms with E-state index in [9.17, 15) is 14.4 Å². The highest BCUT2D eigenvalue weighted by Gasteiger charge is 2.51. The van der Waals surface area contributed by atoms with Crippen LogP contribution in [0.4, 0.5) is 0 Å². The first-order valence-electron chi connectivity index (χ1n) is 11.0. The standard InChI is InChI=1S/C23H34O7Si/c1-5-20-7-9-21(10-8-20)22-11-13-23(14-12-22)27-15-6-16-31(28-17(2)24,29-18(3)25)30-19(4)26/h7-10,22-23H,5-6,11-16H2,1-4H3. The number of rotatable bonds is 10. The van der Waals surface area contributed by atoms with Crippen LogP contribution in [0.1, 0.15) is 76.8 Å². The third-order valence-corrected chi connectivity index (χ3v) is 8.17. The lowest BCUT2D eigenvalue weighted by molar-refractivity contribution is -0.147. The lowest BCUT2D eigenvalue weighted by atomic mass is 9.82. The summed E-state index contributed by atoms with van der Waals surface area (Å²) in [5.74, 6) is -1.39. The van der Waals surface area contributed by atoms with E-state index in [1.807, 2.05) is 0 Å². The maximum atomic E-state index is 11.5. The Bertz CT molecular complexity index is 698. The molecule has 1 saturated carbocycles. The van der Waals surface area contributed by atoms with Crippen LogP contribution in [0, 0.1) is 0 Å². The predicted molar refractivity (Wildman–Crippen MR) is 117 cm³/mol. The van der Waals surface area contributed by atoms with Crippen molar-refractivity contribution in [2.24, 2.45) is 0 Å². The van der Waals surface area contributed by atoms with Gasteiger partial charge in [-0.05, 0) is 55.6 Å². The van der Waals surface area contributed by atoms with Gasteiger partial charge >= 0.3 is 8.80 Å². The molecule has 0 spiro atoms. The smallest absolute Gasteiger partial charge is 0.455 e. The molecular weight excluding hydrogens is 416 g/mol. The summed E-state index contributed by atoms with van der Waals surface area (Å²) in [5, 5.41) is 0. The second-order valence-corrected chi connectivity index (χ2v) is 10.5. The van der Waals surface area contributed by atoms with E-state index in [1.54, 1.807) is 0 Å². The highest BCUT2D eigenvalue weighted by molar-refractivity contribution is 6.65. The number of ether oxygens (including phenoxy) is 1. The zero-order valence-electron chi connectivity index (χ0n) is 19.0. The fourth-order valence-corrected chi connectivity index (χ4v) is 6.32. The Morgan fingerprint density at radius 2 is 1.39 bits per heavy atom. The molecule has 0 saturated heterocycles. The van der Waals surface area contributed by atoms with Gasteiger partial charge < -0.3 is 18.0 Å². The molecule has 0 atom stereocenters. The summed E-state index contributed by atoms with van der Waals surface area (Å²) < 4.78 is 21.6. The minimum atomic E-state index is -3.76. The van der Waals surface area contributed by atoms with E-state index in [0.29, 0.717) is 18.9 Å². The Hall–Kier alpha value is -2.19. The second-order valence-electron chi connectivity index (χ2n) is 8.01. The van der Waals surface area contributed by atoms with Crippen LogP contribution in [0.15, 0.2) is 24.3 Å². The molecule has 0 unspecified atom stereocenters. The summed E-state index contributed by atoms with van der Waals surface area (Å²) >= 11 is 0. The van der Waals surface area contributed by atoms with Gasteiger partial charge in [0.1, 0.15) is 0 Å². The van der Waals surface area contributed by atoms with Crippen LogP contribution < -0.4 is 0 Å². The Labute approximate surface area is 185 Å². The van der Waals surface area contributed by atoms with Crippen molar-refractivity contribution in [2.45, 2.75) is 84.3 Å². The fourth-order valence-electron chi connectivity index (χ4n) is 4.00. The minimum absolute atomic E-state index is 0.144. The number of carbonyl (C=O) groups excluding carboxylic acids is 3. The zero-order valence-corrected chi connectivity index (χ0v) is 20.0. The van der Waals surface area contributed by atoms with Gasteiger partial charge in [-0.1, -0.05) is 31.2 Å². The molecule has 2 rings (SSSR count). The summed E-state index contributed by atoms with van der Waals surface area (Å²) in [7, 11) is -3.76. The molecule has 1 aliphatic carbocycles. The van der Waals surface area contributed by atoms with Gasteiger partial charge in [0.15, 0.2) is 0 Å². The van der Waals surface area contributed by atoms with Crippen molar-refractivity contribution in [3.8, 4) is 0 Å². The molecule has 172 valence electrons. The van der Waals surface area contributed by atoms with Crippen LogP contribution in [-0.2, 0) is 38.8 Å². The summed E-state index contributed by atoms with van der Waals surface area (Å²) in [5.41, 5.74) is 2.76.